The molecular formula is C16H25N3. The Kier molecular flexibility index (Phi) is 4.51. The van der Waals surface area contributed by atoms with E-state index in [4.69, 9.17) is 0 Å². The Labute approximate surface area is 117 Å². The quantitative estimate of drug-likeness (QED) is 0.881. The fourth-order valence-electron chi connectivity index (χ4n) is 2.15. The van der Waals surface area contributed by atoms with Crippen LogP contribution >= 0.6 is 0 Å². The van der Waals surface area contributed by atoms with E-state index in [1.54, 1.807) is 0 Å². The first-order valence-corrected chi connectivity index (χ1v) is 6.80. The molecule has 3 heteroatoms. The highest BCUT2D eigenvalue weighted by Crippen LogP contribution is 2.25. The van der Waals surface area contributed by atoms with Crippen molar-refractivity contribution in [1.29, 1.82) is 0 Å². The topological polar surface area (TPSA) is 28.2 Å². The molecular weight excluding hydrogens is 234 g/mol. The number of rotatable bonds is 5. The zero-order chi connectivity index (χ0) is 13.7. The molecule has 0 saturated carbocycles. The predicted molar refractivity (Wildman–Crippen MR) is 83.0 cm³/mol. The van der Waals surface area contributed by atoms with Gasteiger partial charge in [-0.1, -0.05) is 24.3 Å². The Morgan fingerprint density at radius 1 is 1.42 bits per heavy atom. The van der Waals surface area contributed by atoms with E-state index in [9.17, 15) is 0 Å². The van der Waals surface area contributed by atoms with E-state index in [1.165, 1.54) is 5.57 Å². The molecule has 0 bridgehead atoms. The second-order valence-corrected chi connectivity index (χ2v) is 5.56. The minimum atomic E-state index is 0. The van der Waals surface area contributed by atoms with Gasteiger partial charge in [-0.3, -0.25) is 4.98 Å². The first kappa shape index (κ1) is 14.0. The zero-order valence-electron chi connectivity index (χ0n) is 12.1. The van der Waals surface area contributed by atoms with Gasteiger partial charge >= 0.3 is 0 Å². The Morgan fingerprint density at radius 3 is 2.84 bits per heavy atom. The molecule has 0 spiro atoms. The molecule has 0 aliphatic heterocycles. The van der Waals surface area contributed by atoms with Crippen LogP contribution in [0.25, 0.3) is 5.57 Å². The summed E-state index contributed by atoms with van der Waals surface area (Å²) in [5.41, 5.74) is 2.33. The van der Waals surface area contributed by atoms with Gasteiger partial charge in [0.15, 0.2) is 0 Å². The van der Waals surface area contributed by atoms with Crippen LogP contribution in [0.15, 0.2) is 42.6 Å². The third-order valence-electron chi connectivity index (χ3n) is 3.43. The number of nitrogens with zero attached hydrogens (tertiary/aromatic N) is 2. The maximum absolute atomic E-state index is 4.39. The molecule has 0 radical (unpaired) electrons. The lowest BCUT2D eigenvalue weighted by atomic mass is 9.89. The number of allylic oxidation sites excluding steroid dienone is 2. The van der Waals surface area contributed by atoms with Gasteiger partial charge in [0.2, 0.25) is 0 Å². The summed E-state index contributed by atoms with van der Waals surface area (Å²) in [5, 5.41) is 3.61. The van der Waals surface area contributed by atoms with Gasteiger partial charge in [0.05, 0.1) is 5.69 Å². The van der Waals surface area contributed by atoms with Gasteiger partial charge in [-0.05, 0) is 45.1 Å². The molecule has 1 atom stereocenters. The van der Waals surface area contributed by atoms with Crippen molar-refractivity contribution in [2.24, 2.45) is 0 Å². The number of likely N-dealkylation sites (N-methyl/N-ethyl adjacent to an activating group) is 1. The Bertz CT molecular complexity index is 468. The molecule has 0 aromatic carbocycles. The van der Waals surface area contributed by atoms with Crippen LogP contribution in [0.3, 0.4) is 0 Å². The highest BCUT2D eigenvalue weighted by molar-refractivity contribution is 5.73. The highest BCUT2D eigenvalue weighted by atomic mass is 15.1. The summed E-state index contributed by atoms with van der Waals surface area (Å²) in [7, 11) is 4.19. The molecule has 1 unspecified atom stereocenters. The molecule has 0 fully saturated rings. The van der Waals surface area contributed by atoms with E-state index < -0.39 is 0 Å². The molecule has 104 valence electrons. The zero-order valence-corrected chi connectivity index (χ0v) is 12.1. The van der Waals surface area contributed by atoms with Crippen LogP contribution in [0.4, 0.5) is 0 Å². The van der Waals surface area contributed by atoms with Crippen molar-refractivity contribution in [2.45, 2.75) is 18.9 Å². The normalized spacial score (nSPS) is 22.6. The van der Waals surface area contributed by atoms with E-state index in [0.717, 1.165) is 25.2 Å². The lowest BCUT2D eigenvalue weighted by Gasteiger charge is -2.30. The molecule has 1 aromatic heterocycles. The number of hydrogen-bond acceptors (Lipinski definition) is 3. The highest BCUT2D eigenvalue weighted by Gasteiger charge is 2.21. The van der Waals surface area contributed by atoms with Gasteiger partial charge in [0.25, 0.3) is 0 Å². The van der Waals surface area contributed by atoms with E-state index in [1.807, 2.05) is 18.3 Å². The van der Waals surface area contributed by atoms with Gasteiger partial charge < -0.3 is 10.2 Å². The van der Waals surface area contributed by atoms with Gasteiger partial charge in [0, 0.05) is 26.3 Å². The van der Waals surface area contributed by atoms with Crippen LogP contribution in [0, 0.1) is 0 Å². The molecule has 1 heterocycles. The molecule has 1 aromatic rings. The smallest absolute Gasteiger partial charge is 0.0698 e. The van der Waals surface area contributed by atoms with E-state index in [-0.39, 0.29) is 6.97 Å². The molecule has 1 aliphatic rings. The van der Waals surface area contributed by atoms with Crippen LogP contribution in [-0.2, 0) is 0 Å². The first-order valence-electron chi connectivity index (χ1n) is 6.80. The van der Waals surface area contributed by atoms with Gasteiger partial charge in [-0.15, -0.1) is 0 Å². The van der Waals surface area contributed by atoms with E-state index in [2.05, 4.69) is 60.5 Å². The minimum Gasteiger partial charge on any atom is -0.308 e. The second-order valence-electron chi connectivity index (χ2n) is 5.56. The first-order chi connectivity index (χ1) is 9.09. The van der Waals surface area contributed by atoms with Crippen molar-refractivity contribution in [2.75, 3.05) is 27.2 Å². The number of pyridine rings is 1. The third-order valence-corrected chi connectivity index (χ3v) is 3.43. The lowest BCUT2D eigenvalue weighted by molar-refractivity contribution is 0.360. The number of hydrogen-bond donors (Lipinski definition) is 1. The summed E-state index contributed by atoms with van der Waals surface area (Å²) in [4.78, 5) is 6.58. The molecule has 19 heavy (non-hydrogen) atoms. The summed E-state index contributed by atoms with van der Waals surface area (Å²) in [6.07, 6.45) is 9.54. The van der Waals surface area contributed by atoms with Crippen LogP contribution in [-0.4, -0.2) is 42.6 Å². The average molecular weight is 259 g/mol. The van der Waals surface area contributed by atoms with Crippen molar-refractivity contribution in [1.82, 2.24) is 15.2 Å². The lowest BCUT2D eigenvalue weighted by Crippen LogP contribution is -2.43. The molecule has 3 nitrogen and oxygen atoms in total. The fraction of sp³-hybridized carbons (Fsp3) is 0.438. The Morgan fingerprint density at radius 2 is 2.26 bits per heavy atom. The van der Waals surface area contributed by atoms with Crippen LogP contribution in [0.1, 0.15) is 20.5 Å². The van der Waals surface area contributed by atoms with Gasteiger partial charge in [-0.25, -0.2) is 0 Å². The van der Waals surface area contributed by atoms with E-state index >= 15 is 0 Å². The van der Waals surface area contributed by atoms with E-state index in [0.29, 0.717) is 0 Å². The second kappa shape index (κ2) is 6.13. The number of aromatic nitrogens is 1. The molecule has 2 rings (SSSR count). The molecule has 1 N–H and O–H groups in total. The summed E-state index contributed by atoms with van der Waals surface area (Å²) in [6, 6.07) is 6.03. The van der Waals surface area contributed by atoms with Crippen molar-refractivity contribution in [3.8, 4) is 0 Å². The maximum Gasteiger partial charge on any atom is 0.0698 e. The molecule has 1 aliphatic carbocycles. The minimum absolute atomic E-state index is 0. The van der Waals surface area contributed by atoms with Crippen molar-refractivity contribution in [3.63, 3.8) is 0 Å². The van der Waals surface area contributed by atoms with Crippen LogP contribution < -0.4 is 5.32 Å². The summed E-state index contributed by atoms with van der Waals surface area (Å²) in [5.74, 6) is 0. The standard InChI is InChI=1S/C16H23N3.H2/c1-16(18-12-13-19(2)3)9-7-14(8-10-16)15-6-4-5-11-17-15;/h4-9,11,18H,10,12-13H2,1-3H3;1H. The summed E-state index contributed by atoms with van der Waals surface area (Å²) >= 11 is 0. The molecule has 0 amide bonds. The van der Waals surface area contributed by atoms with Crippen molar-refractivity contribution < 1.29 is 1.43 Å². The van der Waals surface area contributed by atoms with Gasteiger partial charge in [0.1, 0.15) is 0 Å². The molecule has 0 saturated heterocycles. The van der Waals surface area contributed by atoms with Crippen LogP contribution in [0.2, 0.25) is 0 Å². The Hall–Kier alpha value is -1.45. The van der Waals surface area contributed by atoms with Crippen molar-refractivity contribution in [3.05, 3.63) is 48.3 Å². The van der Waals surface area contributed by atoms with Crippen LogP contribution in [0.5, 0.6) is 0 Å². The maximum atomic E-state index is 4.39. The predicted octanol–water partition coefficient (Wildman–Crippen LogP) is 2.58. The Balaban J connectivity index is 0.00000200. The average Bonchev–Trinajstić information content (AvgIpc) is 2.40. The summed E-state index contributed by atoms with van der Waals surface area (Å²) in [6.45, 7) is 4.30. The number of nitrogens with one attached hydrogen (secondary N) is 1. The fourth-order valence-corrected chi connectivity index (χ4v) is 2.15. The summed E-state index contributed by atoms with van der Waals surface area (Å²) < 4.78 is 0. The SMILES string of the molecule is CN(C)CCNC1(C)C=CC(c2ccccn2)=CC1.[HH]. The third kappa shape index (κ3) is 4.01. The largest absolute Gasteiger partial charge is 0.308 e. The monoisotopic (exact) mass is 259 g/mol. The van der Waals surface area contributed by atoms with Crippen molar-refractivity contribution >= 4 is 5.57 Å². The van der Waals surface area contributed by atoms with Gasteiger partial charge in [-0.2, -0.15) is 0 Å².